The van der Waals surface area contributed by atoms with Crippen molar-refractivity contribution >= 4 is 27.7 Å². The minimum absolute atomic E-state index is 0.00694. The molecule has 8 heteroatoms. The molecule has 3 N–H and O–H groups in total. The Morgan fingerprint density at radius 3 is 2.44 bits per heavy atom. The van der Waals surface area contributed by atoms with Crippen LogP contribution in [-0.2, 0) is 0 Å². The zero-order valence-corrected chi connectivity index (χ0v) is 12.9. The molecule has 25 heavy (non-hydrogen) atoms. The fourth-order valence-electron chi connectivity index (χ4n) is 2.81. The second-order valence-electron chi connectivity index (χ2n) is 5.48. The van der Waals surface area contributed by atoms with Crippen LogP contribution in [0.3, 0.4) is 0 Å². The Labute approximate surface area is 138 Å². The fourth-order valence-corrected chi connectivity index (χ4v) is 2.81. The third-order valence-electron chi connectivity index (χ3n) is 3.96. The summed E-state index contributed by atoms with van der Waals surface area (Å²) >= 11 is 0. The van der Waals surface area contributed by atoms with Gasteiger partial charge < -0.3 is 19.7 Å². The van der Waals surface area contributed by atoms with E-state index in [4.69, 9.17) is 4.42 Å². The minimum atomic E-state index is -0.812. The van der Waals surface area contributed by atoms with Gasteiger partial charge >= 0.3 is 5.69 Å². The summed E-state index contributed by atoms with van der Waals surface area (Å²) < 4.78 is 33.7. The van der Waals surface area contributed by atoms with Gasteiger partial charge in [0, 0.05) is 18.7 Å². The monoisotopic (exact) mass is 343 g/mol. The van der Waals surface area contributed by atoms with Crippen LogP contribution in [0, 0.1) is 11.6 Å². The summed E-state index contributed by atoms with van der Waals surface area (Å²) in [5.41, 5.74) is -0.136. The van der Waals surface area contributed by atoms with Crippen molar-refractivity contribution in [1.29, 1.82) is 0 Å². The van der Waals surface area contributed by atoms with E-state index >= 15 is 0 Å². The van der Waals surface area contributed by atoms with Crippen molar-refractivity contribution in [3.05, 3.63) is 62.7 Å². The molecule has 4 rings (SSSR count). The van der Waals surface area contributed by atoms with E-state index in [1.807, 2.05) is 0 Å². The van der Waals surface area contributed by atoms with Crippen LogP contribution in [0.25, 0.3) is 33.3 Å². The lowest BCUT2D eigenvalue weighted by Crippen LogP contribution is -2.02. The molecule has 0 atom stereocenters. The molecule has 2 heterocycles. The van der Waals surface area contributed by atoms with E-state index in [2.05, 4.69) is 15.3 Å². The van der Waals surface area contributed by atoms with Crippen LogP contribution in [0.4, 0.5) is 14.5 Å². The predicted octanol–water partition coefficient (Wildman–Crippen LogP) is 2.95. The van der Waals surface area contributed by atoms with Crippen LogP contribution >= 0.6 is 0 Å². The Bertz CT molecular complexity index is 1230. The highest BCUT2D eigenvalue weighted by Gasteiger charge is 2.15. The van der Waals surface area contributed by atoms with Gasteiger partial charge in [0.15, 0.2) is 11.0 Å². The molecule has 0 spiro atoms. The number of hydrogen-bond acceptors (Lipinski definition) is 4. The number of anilines is 1. The molecule has 0 unspecified atom stereocenters. The Kier molecular flexibility index (Phi) is 3.21. The molecular weight excluding hydrogens is 332 g/mol. The SMILES string of the molecule is CNc1c(F)cc(-c2cc(=O)c3ccc4[nH]c(=O)[nH]c4c3o2)cc1F. The quantitative estimate of drug-likeness (QED) is 0.522. The van der Waals surface area contributed by atoms with Gasteiger partial charge in [0.25, 0.3) is 0 Å². The van der Waals surface area contributed by atoms with E-state index < -0.39 is 22.8 Å². The van der Waals surface area contributed by atoms with Gasteiger partial charge in [-0.25, -0.2) is 13.6 Å². The highest BCUT2D eigenvalue weighted by atomic mass is 19.1. The van der Waals surface area contributed by atoms with Crippen molar-refractivity contribution in [2.45, 2.75) is 0 Å². The number of H-pyrrole nitrogens is 2. The highest BCUT2D eigenvalue weighted by Crippen LogP contribution is 2.29. The van der Waals surface area contributed by atoms with Crippen LogP contribution < -0.4 is 16.4 Å². The second kappa shape index (κ2) is 5.30. The average Bonchev–Trinajstić information content (AvgIpc) is 2.95. The Hall–Kier alpha value is -3.42. The van der Waals surface area contributed by atoms with Crippen LogP contribution in [-0.4, -0.2) is 17.0 Å². The van der Waals surface area contributed by atoms with Crippen LogP contribution in [0.1, 0.15) is 0 Å². The number of nitrogens with one attached hydrogen (secondary N) is 3. The molecule has 0 bridgehead atoms. The van der Waals surface area contributed by atoms with E-state index in [0.29, 0.717) is 11.0 Å². The standard InChI is InChI=1S/C17H11F2N3O3/c1-20-14-9(18)4-7(5-10(14)19)13-6-12(23)8-2-3-11-15(16(8)25-13)22-17(24)21-11/h2-6,20H,1H3,(H2,21,22,24). The zero-order chi connectivity index (χ0) is 17.7. The second-order valence-corrected chi connectivity index (χ2v) is 5.48. The maximum atomic E-state index is 14.0. The molecule has 0 saturated heterocycles. The van der Waals surface area contributed by atoms with Gasteiger partial charge in [0.1, 0.15) is 28.6 Å². The van der Waals surface area contributed by atoms with Crippen molar-refractivity contribution in [2.24, 2.45) is 0 Å². The summed E-state index contributed by atoms with van der Waals surface area (Å²) in [4.78, 5) is 29.0. The first-order valence-electron chi connectivity index (χ1n) is 7.34. The Morgan fingerprint density at radius 2 is 1.76 bits per heavy atom. The summed E-state index contributed by atoms with van der Waals surface area (Å²) in [5.74, 6) is -1.63. The van der Waals surface area contributed by atoms with Gasteiger partial charge in [-0.05, 0) is 24.3 Å². The molecule has 0 saturated carbocycles. The number of halogens is 2. The number of hydrogen-bond donors (Lipinski definition) is 3. The Morgan fingerprint density at radius 1 is 1.04 bits per heavy atom. The number of imidazole rings is 1. The van der Waals surface area contributed by atoms with Crippen molar-refractivity contribution in [3.8, 4) is 11.3 Å². The van der Waals surface area contributed by atoms with Crippen LogP contribution in [0.2, 0.25) is 0 Å². The number of rotatable bonds is 2. The third-order valence-corrected chi connectivity index (χ3v) is 3.96. The topological polar surface area (TPSA) is 90.9 Å². The van der Waals surface area contributed by atoms with E-state index in [9.17, 15) is 18.4 Å². The third kappa shape index (κ3) is 2.30. The average molecular weight is 343 g/mol. The van der Waals surface area contributed by atoms with Gasteiger partial charge in [-0.2, -0.15) is 0 Å². The molecule has 2 aromatic heterocycles. The molecule has 0 aliphatic carbocycles. The lowest BCUT2D eigenvalue weighted by atomic mass is 10.1. The Balaban J connectivity index is 2.04. The summed E-state index contributed by atoms with van der Waals surface area (Å²) in [6.07, 6.45) is 0. The zero-order valence-electron chi connectivity index (χ0n) is 12.9. The summed E-state index contributed by atoms with van der Waals surface area (Å²) in [7, 11) is 1.40. The fraction of sp³-hybridized carbons (Fsp3) is 0.0588. The van der Waals surface area contributed by atoms with Crippen LogP contribution in [0.15, 0.2) is 44.3 Å². The largest absolute Gasteiger partial charge is 0.454 e. The molecule has 0 amide bonds. The highest BCUT2D eigenvalue weighted by molar-refractivity contribution is 6.00. The van der Waals surface area contributed by atoms with Crippen molar-refractivity contribution in [2.75, 3.05) is 12.4 Å². The van der Waals surface area contributed by atoms with E-state index in [1.54, 1.807) is 6.07 Å². The maximum absolute atomic E-state index is 14.0. The lowest BCUT2D eigenvalue weighted by Gasteiger charge is -2.08. The summed E-state index contributed by atoms with van der Waals surface area (Å²) in [6.45, 7) is 0. The first kappa shape index (κ1) is 15.1. The number of fused-ring (bicyclic) bond motifs is 3. The lowest BCUT2D eigenvalue weighted by molar-refractivity contribution is 0.584. The molecular formula is C17H11F2N3O3. The molecule has 126 valence electrons. The molecule has 0 fully saturated rings. The predicted molar refractivity (Wildman–Crippen MR) is 89.9 cm³/mol. The van der Waals surface area contributed by atoms with Crippen molar-refractivity contribution < 1.29 is 13.2 Å². The summed E-state index contributed by atoms with van der Waals surface area (Å²) in [5, 5.41) is 2.67. The van der Waals surface area contributed by atoms with Gasteiger partial charge in [-0.3, -0.25) is 4.79 Å². The van der Waals surface area contributed by atoms with E-state index in [1.165, 1.54) is 13.1 Å². The molecule has 0 aliphatic heterocycles. The minimum Gasteiger partial charge on any atom is -0.454 e. The van der Waals surface area contributed by atoms with E-state index in [0.717, 1.165) is 18.2 Å². The van der Waals surface area contributed by atoms with Gasteiger partial charge in [-0.1, -0.05) is 0 Å². The normalized spacial score (nSPS) is 11.3. The van der Waals surface area contributed by atoms with Crippen molar-refractivity contribution in [3.63, 3.8) is 0 Å². The molecule has 2 aromatic carbocycles. The maximum Gasteiger partial charge on any atom is 0.323 e. The smallest absolute Gasteiger partial charge is 0.323 e. The first-order chi connectivity index (χ1) is 12.0. The molecule has 0 radical (unpaired) electrons. The van der Waals surface area contributed by atoms with Gasteiger partial charge in [-0.15, -0.1) is 0 Å². The number of aromatic amines is 2. The molecule has 4 aromatic rings. The van der Waals surface area contributed by atoms with Crippen LogP contribution in [0.5, 0.6) is 0 Å². The summed E-state index contributed by atoms with van der Waals surface area (Å²) in [6, 6.07) is 6.39. The molecule has 6 nitrogen and oxygen atoms in total. The number of aromatic nitrogens is 2. The first-order valence-corrected chi connectivity index (χ1v) is 7.34. The van der Waals surface area contributed by atoms with E-state index in [-0.39, 0.29) is 28.0 Å². The van der Waals surface area contributed by atoms with Crippen molar-refractivity contribution in [1.82, 2.24) is 9.97 Å². The van der Waals surface area contributed by atoms with Gasteiger partial charge in [0.05, 0.1) is 10.9 Å². The number of benzene rings is 2. The van der Waals surface area contributed by atoms with Gasteiger partial charge in [0.2, 0.25) is 0 Å². The molecule has 0 aliphatic rings.